The molecule has 0 aliphatic carbocycles. The number of anilines is 1. The van der Waals surface area contributed by atoms with Crippen LogP contribution in [0.25, 0.3) is 0 Å². The van der Waals surface area contributed by atoms with E-state index in [0.29, 0.717) is 24.6 Å². The van der Waals surface area contributed by atoms with Gasteiger partial charge in [0.2, 0.25) is 0 Å². The molecule has 4 heteroatoms. The smallest absolute Gasteiger partial charge is 0.142 e. The average Bonchev–Trinajstić information content (AvgIpc) is 2.42. The summed E-state index contributed by atoms with van der Waals surface area (Å²) in [5.74, 6) is 0.692. The molecule has 2 rings (SSSR count). The summed E-state index contributed by atoms with van der Waals surface area (Å²) in [6.07, 6.45) is 0. The van der Waals surface area contributed by atoms with Crippen LogP contribution >= 0.6 is 0 Å². The van der Waals surface area contributed by atoms with E-state index < -0.39 is 5.82 Å². The fourth-order valence-electron chi connectivity index (χ4n) is 1.93. The third-order valence-corrected chi connectivity index (χ3v) is 2.88. The summed E-state index contributed by atoms with van der Waals surface area (Å²) in [6.45, 7) is 5.23. The van der Waals surface area contributed by atoms with E-state index in [0.717, 1.165) is 17.5 Å². The zero-order valence-corrected chi connectivity index (χ0v) is 12.3. The Balaban J connectivity index is 2.05. The normalized spacial score (nSPS) is 10.7. The van der Waals surface area contributed by atoms with E-state index in [9.17, 15) is 9.50 Å². The van der Waals surface area contributed by atoms with Gasteiger partial charge in [-0.2, -0.15) is 0 Å². The van der Waals surface area contributed by atoms with Gasteiger partial charge in [-0.25, -0.2) is 4.39 Å². The molecule has 0 saturated heterocycles. The topological polar surface area (TPSA) is 41.5 Å². The molecule has 2 aromatic carbocycles. The zero-order chi connectivity index (χ0) is 15.2. The highest BCUT2D eigenvalue weighted by Gasteiger charge is 2.05. The molecule has 21 heavy (non-hydrogen) atoms. The molecular formula is C17H20FNO2. The van der Waals surface area contributed by atoms with Gasteiger partial charge in [0.1, 0.15) is 17.3 Å². The van der Waals surface area contributed by atoms with Crippen molar-refractivity contribution in [2.45, 2.75) is 20.4 Å². The van der Waals surface area contributed by atoms with Gasteiger partial charge in [-0.1, -0.05) is 26.0 Å². The van der Waals surface area contributed by atoms with E-state index >= 15 is 0 Å². The van der Waals surface area contributed by atoms with Crippen LogP contribution in [0, 0.1) is 11.7 Å². The molecule has 0 atom stereocenters. The zero-order valence-electron chi connectivity index (χ0n) is 12.3. The van der Waals surface area contributed by atoms with Crippen LogP contribution in [0.1, 0.15) is 19.4 Å². The van der Waals surface area contributed by atoms with Gasteiger partial charge >= 0.3 is 0 Å². The number of ether oxygens (including phenoxy) is 1. The van der Waals surface area contributed by atoms with Gasteiger partial charge in [-0.15, -0.1) is 0 Å². The molecule has 2 N–H and O–H groups in total. The van der Waals surface area contributed by atoms with Gasteiger partial charge in [0, 0.05) is 12.6 Å². The molecule has 0 saturated carbocycles. The van der Waals surface area contributed by atoms with Crippen molar-refractivity contribution in [3.63, 3.8) is 0 Å². The van der Waals surface area contributed by atoms with Gasteiger partial charge in [-0.05, 0) is 35.7 Å². The Kier molecular flexibility index (Phi) is 5.04. The minimum Gasteiger partial charge on any atom is -0.508 e. The predicted molar refractivity (Wildman–Crippen MR) is 82.2 cm³/mol. The first kappa shape index (κ1) is 15.2. The van der Waals surface area contributed by atoms with Gasteiger partial charge in [0.15, 0.2) is 0 Å². The second kappa shape index (κ2) is 6.97. The van der Waals surface area contributed by atoms with Crippen molar-refractivity contribution in [1.82, 2.24) is 0 Å². The quantitative estimate of drug-likeness (QED) is 0.838. The summed E-state index contributed by atoms with van der Waals surface area (Å²) in [6, 6.07) is 11.6. The Morgan fingerprint density at radius 1 is 1.19 bits per heavy atom. The van der Waals surface area contributed by atoms with E-state index in [1.54, 1.807) is 0 Å². The molecule has 0 amide bonds. The summed E-state index contributed by atoms with van der Waals surface area (Å²) < 4.78 is 19.0. The van der Waals surface area contributed by atoms with Gasteiger partial charge in [0.25, 0.3) is 0 Å². The first-order valence-electron chi connectivity index (χ1n) is 6.98. The number of halogens is 1. The summed E-state index contributed by atoms with van der Waals surface area (Å²) in [5.41, 5.74) is 1.52. The molecule has 112 valence electrons. The van der Waals surface area contributed by atoms with Crippen LogP contribution in [0.15, 0.2) is 42.5 Å². The summed E-state index contributed by atoms with van der Waals surface area (Å²) in [7, 11) is 0. The van der Waals surface area contributed by atoms with E-state index in [4.69, 9.17) is 4.74 Å². The monoisotopic (exact) mass is 289 g/mol. The Hall–Kier alpha value is -2.23. The summed E-state index contributed by atoms with van der Waals surface area (Å²) in [5, 5.41) is 12.6. The molecule has 0 bridgehead atoms. The van der Waals surface area contributed by atoms with Crippen LogP contribution in [-0.2, 0) is 6.54 Å². The van der Waals surface area contributed by atoms with Crippen LogP contribution in [0.4, 0.5) is 10.1 Å². The van der Waals surface area contributed by atoms with Crippen LogP contribution in [-0.4, -0.2) is 11.7 Å². The highest BCUT2D eigenvalue weighted by Crippen LogP contribution is 2.25. The predicted octanol–water partition coefficient (Wildman–Crippen LogP) is 4.18. The standard InChI is InChI=1S/C17H20FNO2/c1-12(2)11-21-17-6-4-3-5-16(17)19-10-13-7-14(18)9-15(20)8-13/h3-9,12,19-20H,10-11H2,1-2H3. The fourth-order valence-corrected chi connectivity index (χ4v) is 1.93. The third kappa shape index (κ3) is 4.67. The lowest BCUT2D eigenvalue weighted by Gasteiger charge is -2.14. The molecule has 2 aromatic rings. The van der Waals surface area contributed by atoms with Crippen molar-refractivity contribution in [2.75, 3.05) is 11.9 Å². The maximum absolute atomic E-state index is 13.2. The molecule has 0 radical (unpaired) electrons. The van der Waals surface area contributed by atoms with Crippen molar-refractivity contribution >= 4 is 5.69 Å². The fraction of sp³-hybridized carbons (Fsp3) is 0.294. The maximum Gasteiger partial charge on any atom is 0.142 e. The number of phenols is 1. The highest BCUT2D eigenvalue weighted by molar-refractivity contribution is 5.56. The number of rotatable bonds is 6. The second-order valence-electron chi connectivity index (χ2n) is 5.37. The molecule has 0 heterocycles. The first-order chi connectivity index (χ1) is 10.0. The van der Waals surface area contributed by atoms with E-state index in [1.807, 2.05) is 24.3 Å². The minimum atomic E-state index is -0.448. The molecular weight excluding hydrogens is 269 g/mol. The lowest BCUT2D eigenvalue weighted by molar-refractivity contribution is 0.272. The Bertz CT molecular complexity index is 579. The van der Waals surface area contributed by atoms with Crippen molar-refractivity contribution in [3.8, 4) is 11.5 Å². The van der Waals surface area contributed by atoms with E-state index in [2.05, 4.69) is 19.2 Å². The lowest BCUT2D eigenvalue weighted by Crippen LogP contribution is -2.07. The Labute approximate surface area is 124 Å². The third-order valence-electron chi connectivity index (χ3n) is 2.88. The second-order valence-corrected chi connectivity index (χ2v) is 5.37. The van der Waals surface area contributed by atoms with Crippen molar-refractivity contribution in [3.05, 3.63) is 53.8 Å². The van der Waals surface area contributed by atoms with Crippen LogP contribution in [0.2, 0.25) is 0 Å². The van der Waals surface area contributed by atoms with Gasteiger partial charge in [0.05, 0.1) is 12.3 Å². The molecule has 3 nitrogen and oxygen atoms in total. The molecule has 0 spiro atoms. The summed E-state index contributed by atoms with van der Waals surface area (Å²) >= 11 is 0. The Morgan fingerprint density at radius 3 is 2.67 bits per heavy atom. The number of nitrogens with one attached hydrogen (secondary N) is 1. The van der Waals surface area contributed by atoms with Crippen molar-refractivity contribution < 1.29 is 14.2 Å². The van der Waals surface area contributed by atoms with Gasteiger partial charge < -0.3 is 15.2 Å². The number of benzene rings is 2. The van der Waals surface area contributed by atoms with Crippen LogP contribution < -0.4 is 10.1 Å². The lowest BCUT2D eigenvalue weighted by atomic mass is 10.2. The highest BCUT2D eigenvalue weighted by atomic mass is 19.1. The number of hydrogen-bond donors (Lipinski definition) is 2. The molecule has 0 fully saturated rings. The Morgan fingerprint density at radius 2 is 1.95 bits per heavy atom. The molecule has 0 aromatic heterocycles. The SMILES string of the molecule is CC(C)COc1ccccc1NCc1cc(O)cc(F)c1. The van der Waals surface area contributed by atoms with Crippen LogP contribution in [0.3, 0.4) is 0 Å². The molecule has 0 aliphatic rings. The average molecular weight is 289 g/mol. The number of aromatic hydroxyl groups is 1. The van der Waals surface area contributed by atoms with Crippen molar-refractivity contribution in [2.24, 2.45) is 5.92 Å². The maximum atomic E-state index is 13.2. The molecule has 0 unspecified atom stereocenters. The first-order valence-corrected chi connectivity index (χ1v) is 6.98. The largest absolute Gasteiger partial charge is 0.508 e. The van der Waals surface area contributed by atoms with Crippen molar-refractivity contribution in [1.29, 1.82) is 0 Å². The summed E-state index contributed by atoms with van der Waals surface area (Å²) in [4.78, 5) is 0. The van der Waals surface area contributed by atoms with E-state index in [-0.39, 0.29) is 5.75 Å². The molecule has 0 aliphatic heterocycles. The number of hydrogen-bond acceptors (Lipinski definition) is 3. The van der Waals surface area contributed by atoms with E-state index in [1.165, 1.54) is 12.1 Å². The van der Waals surface area contributed by atoms with Crippen LogP contribution in [0.5, 0.6) is 11.5 Å². The van der Waals surface area contributed by atoms with Gasteiger partial charge in [-0.3, -0.25) is 0 Å². The minimum absolute atomic E-state index is 0.0730. The number of phenolic OH excluding ortho intramolecular Hbond substituents is 1. The number of para-hydroxylation sites is 2.